The number of hydrogen-bond donors (Lipinski definition) is 2. The molecule has 0 unspecified atom stereocenters. The van der Waals surface area contributed by atoms with Gasteiger partial charge in [-0.1, -0.05) is 30.3 Å². The lowest BCUT2D eigenvalue weighted by atomic mass is 10.2. The molecule has 3 rings (SSSR count). The molecule has 1 aromatic heterocycles. The zero-order valence-corrected chi connectivity index (χ0v) is 15.2. The van der Waals surface area contributed by atoms with E-state index in [0.717, 1.165) is 11.6 Å². The topological polar surface area (TPSA) is 119 Å². The first-order chi connectivity index (χ1) is 12.9. The third kappa shape index (κ3) is 4.30. The predicted molar refractivity (Wildman–Crippen MR) is 100 cm³/mol. The van der Waals surface area contributed by atoms with E-state index in [-0.39, 0.29) is 16.3 Å². The number of hydrogen-bond acceptors (Lipinski definition) is 6. The van der Waals surface area contributed by atoms with Gasteiger partial charge in [0.25, 0.3) is 5.69 Å². The second kappa shape index (κ2) is 7.56. The monoisotopic (exact) mass is 387 g/mol. The minimum absolute atomic E-state index is 0.153. The Balaban J connectivity index is 1.84. The van der Waals surface area contributed by atoms with Crippen molar-refractivity contribution >= 4 is 27.2 Å². The fourth-order valence-electron chi connectivity index (χ4n) is 2.48. The smallest absolute Gasteiger partial charge is 0.294 e. The van der Waals surface area contributed by atoms with Crippen molar-refractivity contribution in [1.82, 2.24) is 14.5 Å². The summed E-state index contributed by atoms with van der Waals surface area (Å²) in [5.74, 6) is 0.415. The fraction of sp³-hybridized carbons (Fsp3) is 0.118. The number of aromatic nitrogens is 2. The molecule has 0 saturated carbocycles. The van der Waals surface area contributed by atoms with Crippen LogP contribution in [0.4, 0.5) is 17.2 Å². The number of benzene rings is 2. The van der Waals surface area contributed by atoms with E-state index in [9.17, 15) is 18.5 Å². The highest BCUT2D eigenvalue weighted by Crippen LogP contribution is 2.29. The molecule has 0 amide bonds. The second-order valence-electron chi connectivity index (χ2n) is 5.65. The van der Waals surface area contributed by atoms with Gasteiger partial charge in [-0.05, 0) is 24.7 Å². The molecule has 0 aliphatic rings. The van der Waals surface area contributed by atoms with Crippen molar-refractivity contribution in [1.29, 1.82) is 0 Å². The first-order valence-corrected chi connectivity index (χ1v) is 9.44. The molecule has 0 aliphatic carbocycles. The molecule has 1 heterocycles. The Kier molecular flexibility index (Phi) is 5.19. The summed E-state index contributed by atoms with van der Waals surface area (Å²) in [6.45, 7) is 0.559. The van der Waals surface area contributed by atoms with E-state index >= 15 is 0 Å². The molecule has 0 fully saturated rings. The van der Waals surface area contributed by atoms with Crippen molar-refractivity contribution in [2.75, 3.05) is 12.4 Å². The Labute approximate surface area is 155 Å². The van der Waals surface area contributed by atoms with Crippen molar-refractivity contribution in [3.8, 4) is 0 Å². The third-order valence-electron chi connectivity index (χ3n) is 3.84. The maximum Gasteiger partial charge on any atom is 0.294 e. The zero-order chi connectivity index (χ0) is 19.4. The molecule has 0 spiro atoms. The van der Waals surface area contributed by atoms with Crippen molar-refractivity contribution in [2.45, 2.75) is 11.4 Å². The Bertz CT molecular complexity index is 1060. The van der Waals surface area contributed by atoms with Crippen LogP contribution < -0.4 is 10.0 Å². The van der Waals surface area contributed by atoms with Gasteiger partial charge in [0.15, 0.2) is 5.82 Å². The number of nitro benzene ring substituents is 1. The summed E-state index contributed by atoms with van der Waals surface area (Å²) in [7, 11) is -2.53. The van der Waals surface area contributed by atoms with Crippen LogP contribution in [-0.4, -0.2) is 30.2 Å². The van der Waals surface area contributed by atoms with Gasteiger partial charge < -0.3 is 5.32 Å². The van der Waals surface area contributed by atoms with Crippen molar-refractivity contribution in [2.24, 2.45) is 0 Å². The van der Waals surface area contributed by atoms with Gasteiger partial charge in [-0.15, -0.1) is 0 Å². The minimum atomic E-state index is -3.78. The van der Waals surface area contributed by atoms with Crippen LogP contribution in [-0.2, 0) is 16.6 Å². The highest BCUT2D eigenvalue weighted by Gasteiger charge is 2.20. The molecule has 0 atom stereocenters. The highest BCUT2D eigenvalue weighted by atomic mass is 32.2. The van der Waals surface area contributed by atoms with Crippen LogP contribution in [0.3, 0.4) is 0 Å². The number of anilines is 2. The Morgan fingerprint density at radius 2 is 1.89 bits per heavy atom. The molecule has 2 N–H and O–H groups in total. The van der Waals surface area contributed by atoms with Crippen molar-refractivity contribution in [3.05, 3.63) is 76.5 Å². The summed E-state index contributed by atoms with van der Waals surface area (Å²) in [6.07, 6.45) is 1.75. The maximum atomic E-state index is 11.9. The van der Waals surface area contributed by atoms with Crippen LogP contribution in [0.25, 0.3) is 0 Å². The Morgan fingerprint density at radius 1 is 1.15 bits per heavy atom. The van der Waals surface area contributed by atoms with Crippen LogP contribution in [0.15, 0.2) is 65.7 Å². The first-order valence-electron chi connectivity index (χ1n) is 7.95. The molecule has 0 saturated heterocycles. The van der Waals surface area contributed by atoms with Gasteiger partial charge >= 0.3 is 0 Å². The van der Waals surface area contributed by atoms with Gasteiger partial charge in [-0.2, -0.15) is 5.10 Å². The first kappa shape index (κ1) is 18.5. The largest absolute Gasteiger partial charge is 0.333 e. The van der Waals surface area contributed by atoms with Gasteiger partial charge in [0, 0.05) is 18.3 Å². The van der Waals surface area contributed by atoms with Crippen molar-refractivity contribution in [3.63, 3.8) is 0 Å². The summed E-state index contributed by atoms with van der Waals surface area (Å²) in [5.41, 5.74) is 0.865. The molecule has 10 heteroatoms. The second-order valence-corrected chi connectivity index (χ2v) is 7.54. The summed E-state index contributed by atoms with van der Waals surface area (Å²) in [4.78, 5) is 10.5. The Hall–Kier alpha value is -3.24. The van der Waals surface area contributed by atoms with Crippen LogP contribution in [0.2, 0.25) is 0 Å². The molecule has 0 aliphatic heterocycles. The van der Waals surface area contributed by atoms with Gasteiger partial charge in [0.1, 0.15) is 5.69 Å². The van der Waals surface area contributed by atoms with E-state index < -0.39 is 14.9 Å². The van der Waals surface area contributed by atoms with Crippen LogP contribution >= 0.6 is 0 Å². The molecule has 9 nitrogen and oxygen atoms in total. The molecule has 2 aromatic carbocycles. The third-order valence-corrected chi connectivity index (χ3v) is 5.25. The molecule has 3 aromatic rings. The van der Waals surface area contributed by atoms with Gasteiger partial charge in [0.2, 0.25) is 10.0 Å². The molecule has 0 radical (unpaired) electrons. The SMILES string of the molecule is CNS(=O)(=O)c1ccc(Nc2ccn(Cc3ccccc3)n2)c([N+](=O)[O-])c1. The maximum absolute atomic E-state index is 11.9. The summed E-state index contributed by atoms with van der Waals surface area (Å²) in [6, 6.07) is 15.1. The van der Waals surface area contributed by atoms with E-state index in [0.29, 0.717) is 12.4 Å². The van der Waals surface area contributed by atoms with E-state index in [1.54, 1.807) is 16.9 Å². The molecular formula is C17H17N5O4S. The molecule has 140 valence electrons. The number of sulfonamides is 1. The number of rotatable bonds is 7. The highest BCUT2D eigenvalue weighted by molar-refractivity contribution is 7.89. The fourth-order valence-corrected chi connectivity index (χ4v) is 3.23. The van der Waals surface area contributed by atoms with E-state index in [4.69, 9.17) is 0 Å². The van der Waals surface area contributed by atoms with Crippen LogP contribution in [0, 0.1) is 10.1 Å². The van der Waals surface area contributed by atoms with Gasteiger partial charge in [-0.25, -0.2) is 13.1 Å². The summed E-state index contributed by atoms with van der Waals surface area (Å²) >= 11 is 0. The quantitative estimate of drug-likeness (QED) is 0.475. The molecule has 0 bridgehead atoms. The zero-order valence-electron chi connectivity index (χ0n) is 14.4. The minimum Gasteiger partial charge on any atom is -0.333 e. The van der Waals surface area contributed by atoms with Crippen LogP contribution in [0.5, 0.6) is 0 Å². The van der Waals surface area contributed by atoms with E-state index in [1.165, 1.54) is 19.2 Å². The number of nitro groups is 1. The summed E-state index contributed by atoms with van der Waals surface area (Å²) < 4.78 is 27.5. The summed E-state index contributed by atoms with van der Waals surface area (Å²) in [5, 5.41) is 18.6. The van der Waals surface area contributed by atoms with Gasteiger partial charge in [0.05, 0.1) is 16.4 Å². The van der Waals surface area contributed by atoms with Crippen molar-refractivity contribution < 1.29 is 13.3 Å². The average molecular weight is 387 g/mol. The standard InChI is InChI=1S/C17H17N5O4S/c1-18-27(25,26)14-7-8-15(16(11-14)22(23)24)19-17-9-10-21(20-17)12-13-5-3-2-4-6-13/h2-11,18H,12H2,1H3,(H,19,20). The lowest BCUT2D eigenvalue weighted by Crippen LogP contribution is -2.18. The van der Waals surface area contributed by atoms with E-state index in [1.807, 2.05) is 30.3 Å². The van der Waals surface area contributed by atoms with Crippen LogP contribution in [0.1, 0.15) is 5.56 Å². The number of nitrogens with one attached hydrogen (secondary N) is 2. The Morgan fingerprint density at radius 3 is 2.56 bits per heavy atom. The lowest BCUT2D eigenvalue weighted by Gasteiger charge is -2.07. The molecular weight excluding hydrogens is 370 g/mol. The number of nitrogens with zero attached hydrogens (tertiary/aromatic N) is 3. The van der Waals surface area contributed by atoms with E-state index in [2.05, 4.69) is 15.1 Å². The predicted octanol–water partition coefficient (Wildman–Crippen LogP) is 2.49. The normalized spacial score (nSPS) is 11.3. The lowest BCUT2D eigenvalue weighted by molar-refractivity contribution is -0.384. The average Bonchev–Trinajstić information content (AvgIpc) is 3.09. The molecule has 27 heavy (non-hydrogen) atoms. The van der Waals surface area contributed by atoms with Gasteiger partial charge in [-0.3, -0.25) is 14.8 Å².